The second-order valence-corrected chi connectivity index (χ2v) is 7.53. The molecule has 1 fully saturated rings. The van der Waals surface area contributed by atoms with Gasteiger partial charge in [-0.25, -0.2) is 4.98 Å². The van der Waals surface area contributed by atoms with Gasteiger partial charge in [-0.1, -0.05) is 24.3 Å². The Labute approximate surface area is 173 Å². The molecule has 4 rings (SSSR count). The second-order valence-electron chi connectivity index (χ2n) is 7.53. The van der Waals surface area contributed by atoms with Crippen molar-refractivity contribution in [3.05, 3.63) is 54.4 Å². The lowest BCUT2D eigenvalue weighted by Gasteiger charge is -2.37. The van der Waals surface area contributed by atoms with E-state index in [0.29, 0.717) is 0 Å². The average molecular weight is 411 g/mol. The van der Waals surface area contributed by atoms with Gasteiger partial charge in [0.2, 0.25) is 5.91 Å². The maximum atomic E-state index is 11.7. The van der Waals surface area contributed by atoms with Crippen LogP contribution >= 0.6 is 0 Å². The fourth-order valence-corrected chi connectivity index (χ4v) is 3.85. The molecule has 4 atom stereocenters. The SMILES string of the molecule is CNC(=O)Cn1cnc2cc(-c3cccc([C@H]4OC(CO)CC(O)C4O)c3)ccc21. The number of benzene rings is 2. The first-order chi connectivity index (χ1) is 14.5. The van der Waals surface area contributed by atoms with Crippen LogP contribution in [0.2, 0.25) is 0 Å². The molecule has 8 nitrogen and oxygen atoms in total. The fraction of sp³-hybridized carbons (Fsp3) is 0.364. The summed E-state index contributed by atoms with van der Waals surface area (Å²) in [6.07, 6.45) is -1.42. The van der Waals surface area contributed by atoms with Gasteiger partial charge >= 0.3 is 0 Å². The van der Waals surface area contributed by atoms with Gasteiger partial charge < -0.3 is 29.9 Å². The Morgan fingerprint density at radius 2 is 2.03 bits per heavy atom. The lowest BCUT2D eigenvalue weighted by atomic mass is 9.91. The van der Waals surface area contributed by atoms with Gasteiger partial charge in [0.25, 0.3) is 0 Å². The van der Waals surface area contributed by atoms with E-state index in [9.17, 15) is 20.1 Å². The van der Waals surface area contributed by atoms with Crippen LogP contribution in [0.3, 0.4) is 0 Å². The molecule has 1 aliphatic rings. The van der Waals surface area contributed by atoms with Crippen molar-refractivity contribution in [1.29, 1.82) is 0 Å². The number of aliphatic hydroxyl groups excluding tert-OH is 3. The van der Waals surface area contributed by atoms with Gasteiger partial charge in [0.05, 0.1) is 36.2 Å². The smallest absolute Gasteiger partial charge is 0.239 e. The summed E-state index contributed by atoms with van der Waals surface area (Å²) in [5, 5.41) is 32.5. The van der Waals surface area contributed by atoms with Crippen molar-refractivity contribution in [2.45, 2.75) is 37.4 Å². The molecule has 0 radical (unpaired) electrons. The summed E-state index contributed by atoms with van der Waals surface area (Å²) in [7, 11) is 1.60. The number of hydrogen-bond acceptors (Lipinski definition) is 6. The quantitative estimate of drug-likeness (QED) is 0.498. The summed E-state index contributed by atoms with van der Waals surface area (Å²) in [5.41, 5.74) is 4.19. The summed E-state index contributed by atoms with van der Waals surface area (Å²) in [6.45, 7) is -0.0115. The van der Waals surface area contributed by atoms with Crippen LogP contribution in [0.4, 0.5) is 0 Å². The number of rotatable bonds is 5. The van der Waals surface area contributed by atoms with Gasteiger partial charge in [0.1, 0.15) is 18.8 Å². The zero-order valence-electron chi connectivity index (χ0n) is 16.6. The molecule has 1 aromatic heterocycles. The van der Waals surface area contributed by atoms with E-state index >= 15 is 0 Å². The van der Waals surface area contributed by atoms with Crippen LogP contribution in [0.15, 0.2) is 48.8 Å². The molecule has 1 amide bonds. The Balaban J connectivity index is 1.63. The van der Waals surface area contributed by atoms with Gasteiger partial charge in [-0.15, -0.1) is 0 Å². The van der Waals surface area contributed by atoms with Crippen molar-refractivity contribution in [3.63, 3.8) is 0 Å². The molecule has 2 aromatic carbocycles. The summed E-state index contributed by atoms with van der Waals surface area (Å²) < 4.78 is 7.59. The molecule has 4 N–H and O–H groups in total. The van der Waals surface area contributed by atoms with Crippen LogP contribution in [0, 0.1) is 0 Å². The minimum Gasteiger partial charge on any atom is -0.394 e. The van der Waals surface area contributed by atoms with E-state index in [1.165, 1.54) is 0 Å². The van der Waals surface area contributed by atoms with E-state index in [2.05, 4.69) is 10.3 Å². The Morgan fingerprint density at radius 1 is 1.23 bits per heavy atom. The Morgan fingerprint density at radius 3 is 2.80 bits per heavy atom. The van der Waals surface area contributed by atoms with Crippen molar-refractivity contribution < 1.29 is 24.9 Å². The first-order valence-electron chi connectivity index (χ1n) is 9.88. The molecule has 1 saturated heterocycles. The van der Waals surface area contributed by atoms with Crippen molar-refractivity contribution in [2.75, 3.05) is 13.7 Å². The van der Waals surface area contributed by atoms with E-state index in [-0.39, 0.29) is 25.5 Å². The highest BCUT2D eigenvalue weighted by Crippen LogP contribution is 2.34. The highest BCUT2D eigenvalue weighted by Gasteiger charge is 2.37. The number of amides is 1. The third-order valence-electron chi connectivity index (χ3n) is 5.51. The normalized spacial score (nSPS) is 24.1. The van der Waals surface area contributed by atoms with Crippen molar-refractivity contribution >= 4 is 16.9 Å². The van der Waals surface area contributed by atoms with Gasteiger partial charge in [-0.3, -0.25) is 4.79 Å². The number of aliphatic hydroxyl groups is 3. The summed E-state index contributed by atoms with van der Waals surface area (Å²) in [6, 6.07) is 13.4. The Bertz CT molecular complexity index is 1050. The number of hydrogen-bond donors (Lipinski definition) is 4. The number of imidazole rings is 1. The lowest BCUT2D eigenvalue weighted by molar-refractivity contribution is -0.179. The summed E-state index contributed by atoms with van der Waals surface area (Å²) in [5.74, 6) is -0.0968. The van der Waals surface area contributed by atoms with Crippen LogP contribution < -0.4 is 5.32 Å². The van der Waals surface area contributed by atoms with Crippen LogP contribution in [0.25, 0.3) is 22.2 Å². The van der Waals surface area contributed by atoms with Gasteiger partial charge in [-0.05, 0) is 34.9 Å². The first-order valence-corrected chi connectivity index (χ1v) is 9.88. The highest BCUT2D eigenvalue weighted by molar-refractivity contribution is 5.84. The molecular weight excluding hydrogens is 386 g/mol. The minimum atomic E-state index is -1.06. The number of carbonyl (C=O) groups is 1. The van der Waals surface area contributed by atoms with E-state index < -0.39 is 24.4 Å². The minimum absolute atomic E-state index is 0.0968. The maximum absolute atomic E-state index is 11.7. The Kier molecular flexibility index (Phi) is 5.83. The van der Waals surface area contributed by atoms with E-state index in [0.717, 1.165) is 27.7 Å². The maximum Gasteiger partial charge on any atom is 0.239 e. The number of ether oxygens (including phenoxy) is 1. The van der Waals surface area contributed by atoms with Gasteiger partial charge in [0.15, 0.2) is 0 Å². The lowest BCUT2D eigenvalue weighted by Crippen LogP contribution is -2.44. The molecule has 3 unspecified atom stereocenters. The molecule has 0 bridgehead atoms. The molecule has 30 heavy (non-hydrogen) atoms. The zero-order chi connectivity index (χ0) is 21.3. The first kappa shape index (κ1) is 20.5. The molecule has 1 aliphatic heterocycles. The number of aromatic nitrogens is 2. The van der Waals surface area contributed by atoms with E-state index in [1.807, 2.05) is 42.5 Å². The molecule has 8 heteroatoms. The molecule has 0 saturated carbocycles. The fourth-order valence-electron chi connectivity index (χ4n) is 3.85. The number of nitrogens with zero attached hydrogens (tertiary/aromatic N) is 2. The highest BCUT2D eigenvalue weighted by atomic mass is 16.5. The van der Waals surface area contributed by atoms with Gasteiger partial charge in [-0.2, -0.15) is 0 Å². The monoisotopic (exact) mass is 411 g/mol. The standard InChI is InChI=1S/C22H25N3O5/c1-23-20(28)10-25-12-24-17-8-14(5-6-18(17)25)13-3-2-4-15(7-13)22-21(29)19(27)9-16(11-26)30-22/h2-8,12,16,19,21-22,26-27,29H,9-11H2,1H3,(H,23,28)/t16?,19?,21?,22-/m1/s1. The van der Waals surface area contributed by atoms with Crippen LogP contribution in [0.5, 0.6) is 0 Å². The number of nitrogens with one attached hydrogen (secondary N) is 1. The second kappa shape index (κ2) is 8.53. The third kappa shape index (κ3) is 3.95. The van der Waals surface area contributed by atoms with Crippen molar-refractivity contribution in [3.8, 4) is 11.1 Å². The van der Waals surface area contributed by atoms with E-state index in [4.69, 9.17) is 4.74 Å². The topological polar surface area (TPSA) is 117 Å². The molecular formula is C22H25N3O5. The average Bonchev–Trinajstić information content (AvgIpc) is 3.17. The number of carbonyl (C=O) groups excluding carboxylic acids is 1. The molecule has 3 aromatic rings. The number of likely N-dealkylation sites (N-methyl/N-ethyl adjacent to an activating group) is 1. The molecule has 2 heterocycles. The number of fused-ring (bicyclic) bond motifs is 1. The van der Waals surface area contributed by atoms with Crippen LogP contribution in [-0.4, -0.2) is 62.7 Å². The predicted molar refractivity (Wildman–Crippen MR) is 111 cm³/mol. The van der Waals surface area contributed by atoms with Crippen LogP contribution in [-0.2, 0) is 16.1 Å². The predicted octanol–water partition coefficient (Wildman–Crippen LogP) is 0.993. The summed E-state index contributed by atoms with van der Waals surface area (Å²) in [4.78, 5) is 16.1. The molecule has 0 aliphatic carbocycles. The molecule has 158 valence electrons. The van der Waals surface area contributed by atoms with Crippen LogP contribution in [0.1, 0.15) is 18.1 Å². The van der Waals surface area contributed by atoms with Gasteiger partial charge in [0, 0.05) is 13.5 Å². The third-order valence-corrected chi connectivity index (χ3v) is 5.51. The Hall–Kier alpha value is -2.78. The zero-order valence-corrected chi connectivity index (χ0v) is 16.6. The van der Waals surface area contributed by atoms with Crippen molar-refractivity contribution in [1.82, 2.24) is 14.9 Å². The largest absolute Gasteiger partial charge is 0.394 e. The molecule has 0 spiro atoms. The van der Waals surface area contributed by atoms with Crippen molar-refractivity contribution in [2.24, 2.45) is 0 Å². The van der Waals surface area contributed by atoms with E-state index in [1.54, 1.807) is 17.9 Å². The summed E-state index contributed by atoms with van der Waals surface area (Å²) >= 11 is 0.